The van der Waals surface area contributed by atoms with Crippen molar-refractivity contribution in [3.8, 4) is 5.75 Å². The molecule has 0 N–H and O–H groups in total. The van der Waals surface area contributed by atoms with Crippen LogP contribution >= 0.6 is 0 Å². The predicted octanol–water partition coefficient (Wildman–Crippen LogP) is 1.89. The standard InChI is InChI=1S/C19H26N2O4/c22-18(15-4-9-23-10-5-15)21-8-3-17-19(13-21,6-11-24-17)14-25-16-2-1-7-20-12-16/h1-2,7,12,15,17H,3-6,8-11,13-14H2/t17-,19+/m1/s1. The van der Waals surface area contributed by atoms with E-state index in [1.165, 1.54) is 0 Å². The third-order valence-electron chi connectivity index (χ3n) is 5.81. The summed E-state index contributed by atoms with van der Waals surface area (Å²) in [7, 11) is 0. The van der Waals surface area contributed by atoms with E-state index in [4.69, 9.17) is 14.2 Å². The number of nitrogens with zero attached hydrogens (tertiary/aromatic N) is 2. The highest BCUT2D eigenvalue weighted by Crippen LogP contribution is 2.42. The van der Waals surface area contributed by atoms with Gasteiger partial charge >= 0.3 is 0 Å². The van der Waals surface area contributed by atoms with Gasteiger partial charge in [0.2, 0.25) is 5.91 Å². The molecular formula is C19H26N2O4. The van der Waals surface area contributed by atoms with Crippen molar-refractivity contribution in [3.63, 3.8) is 0 Å². The summed E-state index contributed by atoms with van der Waals surface area (Å²) in [6.07, 6.45) is 7.17. The van der Waals surface area contributed by atoms with E-state index in [9.17, 15) is 4.79 Å². The Hall–Kier alpha value is -1.66. The van der Waals surface area contributed by atoms with E-state index in [1.54, 1.807) is 12.4 Å². The normalized spacial score (nSPS) is 30.1. The van der Waals surface area contributed by atoms with E-state index >= 15 is 0 Å². The predicted molar refractivity (Wildman–Crippen MR) is 91.3 cm³/mol. The van der Waals surface area contributed by atoms with Crippen LogP contribution in [0.4, 0.5) is 0 Å². The first-order valence-electron chi connectivity index (χ1n) is 9.28. The van der Waals surface area contributed by atoms with Crippen LogP contribution in [0.5, 0.6) is 5.75 Å². The van der Waals surface area contributed by atoms with Crippen LogP contribution in [0, 0.1) is 11.3 Å². The Bertz CT molecular complexity index is 590. The molecule has 0 saturated carbocycles. The minimum absolute atomic E-state index is 0.102. The maximum absolute atomic E-state index is 12.9. The Morgan fingerprint density at radius 1 is 1.32 bits per heavy atom. The molecule has 4 rings (SSSR count). The fourth-order valence-corrected chi connectivity index (χ4v) is 4.31. The van der Waals surface area contributed by atoms with Gasteiger partial charge in [-0.3, -0.25) is 9.78 Å². The van der Waals surface area contributed by atoms with Crippen LogP contribution in [0.3, 0.4) is 0 Å². The summed E-state index contributed by atoms with van der Waals surface area (Å²) in [4.78, 5) is 19.1. The zero-order chi connectivity index (χ0) is 17.1. The summed E-state index contributed by atoms with van der Waals surface area (Å²) >= 11 is 0. The molecule has 4 heterocycles. The lowest BCUT2D eigenvalue weighted by molar-refractivity contribution is -0.145. The molecule has 2 atom stereocenters. The van der Waals surface area contributed by atoms with Crippen LogP contribution < -0.4 is 4.74 Å². The lowest BCUT2D eigenvalue weighted by Gasteiger charge is -2.44. The van der Waals surface area contributed by atoms with Gasteiger partial charge in [0.05, 0.1) is 24.3 Å². The highest BCUT2D eigenvalue weighted by Gasteiger charge is 2.50. The number of aromatic nitrogens is 1. The van der Waals surface area contributed by atoms with Crippen molar-refractivity contribution in [2.75, 3.05) is 39.5 Å². The number of rotatable bonds is 4. The van der Waals surface area contributed by atoms with Gasteiger partial charge in [0, 0.05) is 45.0 Å². The number of carbonyl (C=O) groups excluding carboxylic acids is 1. The average molecular weight is 346 g/mol. The molecule has 6 heteroatoms. The molecule has 1 aromatic heterocycles. The van der Waals surface area contributed by atoms with Crippen molar-refractivity contribution >= 4 is 5.91 Å². The molecule has 0 radical (unpaired) electrons. The maximum Gasteiger partial charge on any atom is 0.225 e. The first kappa shape index (κ1) is 16.8. The molecule has 0 aromatic carbocycles. The summed E-state index contributed by atoms with van der Waals surface area (Å²) in [6, 6.07) is 3.79. The highest BCUT2D eigenvalue weighted by atomic mass is 16.5. The number of amides is 1. The summed E-state index contributed by atoms with van der Waals surface area (Å²) in [5, 5.41) is 0. The molecule has 3 aliphatic heterocycles. The van der Waals surface area contributed by atoms with E-state index < -0.39 is 0 Å². The Morgan fingerprint density at radius 2 is 2.20 bits per heavy atom. The molecule has 0 bridgehead atoms. The van der Waals surface area contributed by atoms with Crippen LogP contribution in [0.25, 0.3) is 0 Å². The SMILES string of the molecule is O=C(C1CCOCC1)N1CC[C@H]2OCC[C@@]2(COc2cccnc2)C1. The number of fused-ring (bicyclic) bond motifs is 1. The van der Waals surface area contributed by atoms with Crippen LogP contribution in [0.2, 0.25) is 0 Å². The second-order valence-corrected chi connectivity index (χ2v) is 7.38. The van der Waals surface area contributed by atoms with Gasteiger partial charge in [-0.05, 0) is 37.8 Å². The Balaban J connectivity index is 1.44. The van der Waals surface area contributed by atoms with E-state index in [1.807, 2.05) is 17.0 Å². The number of pyridine rings is 1. The van der Waals surface area contributed by atoms with Crippen molar-refractivity contribution in [1.29, 1.82) is 0 Å². The number of hydrogen-bond acceptors (Lipinski definition) is 5. The Morgan fingerprint density at radius 3 is 3.00 bits per heavy atom. The third-order valence-corrected chi connectivity index (χ3v) is 5.81. The van der Waals surface area contributed by atoms with E-state index in [0.29, 0.717) is 19.8 Å². The number of hydrogen-bond donors (Lipinski definition) is 0. The molecule has 1 aromatic rings. The molecule has 1 amide bonds. The zero-order valence-corrected chi connectivity index (χ0v) is 14.6. The summed E-state index contributed by atoms with van der Waals surface area (Å²) in [5.74, 6) is 1.17. The average Bonchev–Trinajstić information content (AvgIpc) is 3.11. The Labute approximate surface area is 148 Å². The van der Waals surface area contributed by atoms with Crippen molar-refractivity contribution in [1.82, 2.24) is 9.88 Å². The first-order valence-corrected chi connectivity index (χ1v) is 9.28. The number of likely N-dealkylation sites (tertiary alicyclic amines) is 1. The summed E-state index contributed by atoms with van der Waals surface area (Å²) in [6.45, 7) is 4.24. The number of ether oxygens (including phenoxy) is 3. The molecule has 3 fully saturated rings. The molecule has 0 aliphatic carbocycles. The topological polar surface area (TPSA) is 60.9 Å². The van der Waals surface area contributed by atoms with Crippen LogP contribution in [-0.4, -0.2) is 61.4 Å². The monoisotopic (exact) mass is 346 g/mol. The lowest BCUT2D eigenvalue weighted by atomic mass is 9.77. The second kappa shape index (κ2) is 7.30. The van der Waals surface area contributed by atoms with Gasteiger partial charge in [-0.1, -0.05) is 0 Å². The quantitative estimate of drug-likeness (QED) is 0.833. The lowest BCUT2D eigenvalue weighted by Crippen LogP contribution is -2.55. The fourth-order valence-electron chi connectivity index (χ4n) is 4.31. The van der Waals surface area contributed by atoms with Crippen LogP contribution in [0.1, 0.15) is 25.7 Å². The minimum atomic E-state index is -0.102. The van der Waals surface area contributed by atoms with Crippen LogP contribution in [-0.2, 0) is 14.3 Å². The third kappa shape index (κ3) is 3.51. The first-order chi connectivity index (χ1) is 12.3. The van der Waals surface area contributed by atoms with Crippen molar-refractivity contribution < 1.29 is 19.0 Å². The van der Waals surface area contributed by atoms with E-state index in [0.717, 1.165) is 51.1 Å². The summed E-state index contributed by atoms with van der Waals surface area (Å²) in [5.41, 5.74) is -0.102. The van der Waals surface area contributed by atoms with Gasteiger partial charge in [-0.2, -0.15) is 0 Å². The molecule has 0 spiro atoms. The largest absolute Gasteiger partial charge is 0.491 e. The van der Waals surface area contributed by atoms with Gasteiger partial charge in [0.25, 0.3) is 0 Å². The highest BCUT2D eigenvalue weighted by molar-refractivity contribution is 5.79. The minimum Gasteiger partial charge on any atom is -0.491 e. The molecule has 136 valence electrons. The van der Waals surface area contributed by atoms with Crippen LogP contribution in [0.15, 0.2) is 24.5 Å². The Kier molecular flexibility index (Phi) is 4.90. The smallest absolute Gasteiger partial charge is 0.225 e. The second-order valence-electron chi connectivity index (χ2n) is 7.38. The van der Waals surface area contributed by atoms with E-state index in [-0.39, 0.29) is 23.3 Å². The summed E-state index contributed by atoms with van der Waals surface area (Å²) < 4.78 is 17.4. The molecular weight excluding hydrogens is 320 g/mol. The van der Waals surface area contributed by atoms with Gasteiger partial charge in [0.15, 0.2) is 0 Å². The fraction of sp³-hybridized carbons (Fsp3) is 0.684. The molecule has 25 heavy (non-hydrogen) atoms. The van der Waals surface area contributed by atoms with Crippen molar-refractivity contribution in [2.24, 2.45) is 11.3 Å². The van der Waals surface area contributed by atoms with Gasteiger partial charge in [0.1, 0.15) is 5.75 Å². The number of piperidine rings is 1. The van der Waals surface area contributed by atoms with Gasteiger partial charge in [-0.15, -0.1) is 0 Å². The molecule has 6 nitrogen and oxygen atoms in total. The molecule has 0 unspecified atom stereocenters. The number of carbonyl (C=O) groups is 1. The zero-order valence-electron chi connectivity index (χ0n) is 14.6. The van der Waals surface area contributed by atoms with Crippen molar-refractivity contribution in [3.05, 3.63) is 24.5 Å². The van der Waals surface area contributed by atoms with Gasteiger partial charge in [-0.25, -0.2) is 0 Å². The molecule has 3 aliphatic rings. The van der Waals surface area contributed by atoms with E-state index in [2.05, 4.69) is 4.98 Å². The maximum atomic E-state index is 12.9. The van der Waals surface area contributed by atoms with Crippen molar-refractivity contribution in [2.45, 2.75) is 31.8 Å². The molecule has 3 saturated heterocycles. The van der Waals surface area contributed by atoms with Gasteiger partial charge < -0.3 is 19.1 Å².